The number of nitrogens with one attached hydrogen (secondary N) is 1. The van der Waals surface area contributed by atoms with Crippen molar-refractivity contribution in [3.8, 4) is 11.5 Å². The summed E-state index contributed by atoms with van der Waals surface area (Å²) in [5, 5.41) is 3.59. The van der Waals surface area contributed by atoms with E-state index >= 15 is 0 Å². The predicted molar refractivity (Wildman–Crippen MR) is 67.8 cm³/mol. The first-order valence-electron chi connectivity index (χ1n) is 6.43. The van der Waals surface area contributed by atoms with Gasteiger partial charge in [-0.05, 0) is 26.3 Å². The summed E-state index contributed by atoms with van der Waals surface area (Å²) in [6, 6.07) is 6.01. The maximum absolute atomic E-state index is 5.63. The Hall–Kier alpha value is -1.26. The highest BCUT2D eigenvalue weighted by Gasteiger charge is 2.36. The van der Waals surface area contributed by atoms with Gasteiger partial charge in [-0.1, -0.05) is 12.1 Å². The predicted octanol–water partition coefficient (Wildman–Crippen LogP) is 2.07. The first-order valence-corrected chi connectivity index (χ1v) is 6.43. The van der Waals surface area contributed by atoms with Crippen molar-refractivity contribution >= 4 is 0 Å². The van der Waals surface area contributed by atoms with Crippen LogP contribution in [0, 0.1) is 0 Å². The number of hydrogen-bond acceptors (Lipinski definition) is 4. The van der Waals surface area contributed by atoms with E-state index in [-0.39, 0.29) is 11.6 Å². The van der Waals surface area contributed by atoms with Crippen molar-refractivity contribution in [2.24, 2.45) is 0 Å². The SMILES string of the molecule is CC1OCCC1(C)NCc1cccc2c1OCO2. The monoisotopic (exact) mass is 249 g/mol. The van der Waals surface area contributed by atoms with Gasteiger partial charge in [-0.3, -0.25) is 0 Å². The standard InChI is InChI=1S/C14H19NO3/c1-10-14(2,6-7-16-10)15-8-11-4-3-5-12-13(11)18-9-17-12/h3-5,10,15H,6-9H2,1-2H3. The molecular formula is C14H19NO3. The molecule has 18 heavy (non-hydrogen) atoms. The van der Waals surface area contributed by atoms with Crippen molar-refractivity contribution in [3.63, 3.8) is 0 Å². The number of fused-ring (bicyclic) bond motifs is 1. The Morgan fingerprint density at radius 1 is 1.39 bits per heavy atom. The van der Waals surface area contributed by atoms with Crippen LogP contribution in [-0.2, 0) is 11.3 Å². The molecule has 2 heterocycles. The van der Waals surface area contributed by atoms with Crippen molar-refractivity contribution in [3.05, 3.63) is 23.8 Å². The molecule has 0 bridgehead atoms. The van der Waals surface area contributed by atoms with E-state index in [1.54, 1.807) is 0 Å². The second-order valence-corrected chi connectivity index (χ2v) is 5.18. The fourth-order valence-corrected chi connectivity index (χ4v) is 2.49. The van der Waals surface area contributed by atoms with Crippen LogP contribution in [0.3, 0.4) is 0 Å². The number of hydrogen-bond donors (Lipinski definition) is 1. The molecule has 4 heteroatoms. The van der Waals surface area contributed by atoms with Crippen LogP contribution in [0.15, 0.2) is 18.2 Å². The van der Waals surface area contributed by atoms with Gasteiger partial charge in [0, 0.05) is 24.3 Å². The lowest BCUT2D eigenvalue weighted by molar-refractivity contribution is 0.0880. The lowest BCUT2D eigenvalue weighted by atomic mass is 9.94. The van der Waals surface area contributed by atoms with Crippen LogP contribution in [0.4, 0.5) is 0 Å². The Morgan fingerprint density at radius 2 is 2.28 bits per heavy atom. The molecule has 0 amide bonds. The van der Waals surface area contributed by atoms with E-state index in [9.17, 15) is 0 Å². The summed E-state index contributed by atoms with van der Waals surface area (Å²) in [7, 11) is 0. The van der Waals surface area contributed by atoms with Crippen LogP contribution < -0.4 is 14.8 Å². The Morgan fingerprint density at radius 3 is 3.06 bits per heavy atom. The summed E-state index contributed by atoms with van der Waals surface area (Å²) < 4.78 is 16.5. The molecule has 0 spiro atoms. The molecule has 2 aliphatic rings. The average molecular weight is 249 g/mol. The van der Waals surface area contributed by atoms with Crippen LogP contribution >= 0.6 is 0 Å². The van der Waals surface area contributed by atoms with E-state index in [0.717, 1.165) is 36.6 Å². The Kier molecular flexibility index (Phi) is 2.92. The van der Waals surface area contributed by atoms with Crippen molar-refractivity contribution in [2.75, 3.05) is 13.4 Å². The fourth-order valence-electron chi connectivity index (χ4n) is 2.49. The van der Waals surface area contributed by atoms with E-state index in [1.165, 1.54) is 0 Å². The summed E-state index contributed by atoms with van der Waals surface area (Å²) in [6.07, 6.45) is 1.28. The minimum atomic E-state index is 0.0438. The zero-order chi connectivity index (χ0) is 12.6. The normalized spacial score (nSPS) is 29.8. The van der Waals surface area contributed by atoms with Crippen molar-refractivity contribution < 1.29 is 14.2 Å². The van der Waals surface area contributed by atoms with Crippen molar-refractivity contribution in [1.82, 2.24) is 5.32 Å². The second-order valence-electron chi connectivity index (χ2n) is 5.18. The average Bonchev–Trinajstić information content (AvgIpc) is 2.95. The highest BCUT2D eigenvalue weighted by atomic mass is 16.7. The van der Waals surface area contributed by atoms with Gasteiger partial charge >= 0.3 is 0 Å². The largest absolute Gasteiger partial charge is 0.454 e. The molecule has 1 aromatic rings. The Bertz CT molecular complexity index is 449. The quantitative estimate of drug-likeness (QED) is 0.890. The van der Waals surface area contributed by atoms with E-state index in [1.807, 2.05) is 12.1 Å². The van der Waals surface area contributed by atoms with Gasteiger partial charge < -0.3 is 19.5 Å². The molecule has 0 saturated carbocycles. The van der Waals surface area contributed by atoms with Crippen molar-refractivity contribution in [2.45, 2.75) is 38.5 Å². The van der Waals surface area contributed by atoms with Crippen LogP contribution in [0.1, 0.15) is 25.8 Å². The van der Waals surface area contributed by atoms with E-state index in [0.29, 0.717) is 6.79 Å². The number of rotatable bonds is 3. The molecule has 2 atom stereocenters. The Labute approximate surface area is 107 Å². The number of benzene rings is 1. The molecule has 2 aliphatic heterocycles. The summed E-state index contributed by atoms with van der Waals surface area (Å²) >= 11 is 0. The van der Waals surface area contributed by atoms with Gasteiger partial charge in [0.05, 0.1) is 6.10 Å². The molecule has 0 aliphatic carbocycles. The molecule has 1 fully saturated rings. The lowest BCUT2D eigenvalue weighted by Gasteiger charge is -2.29. The van der Waals surface area contributed by atoms with Gasteiger partial charge in [0.25, 0.3) is 0 Å². The van der Waals surface area contributed by atoms with E-state index in [4.69, 9.17) is 14.2 Å². The van der Waals surface area contributed by atoms with Crippen LogP contribution in [0.2, 0.25) is 0 Å². The van der Waals surface area contributed by atoms with Crippen LogP contribution in [0.25, 0.3) is 0 Å². The summed E-state index contributed by atoms with van der Waals surface area (Å²) in [5.74, 6) is 1.72. The molecule has 0 aromatic heterocycles. The third-order valence-electron chi connectivity index (χ3n) is 4.05. The van der Waals surface area contributed by atoms with Gasteiger partial charge in [0.1, 0.15) is 0 Å². The molecule has 2 unspecified atom stereocenters. The first-order chi connectivity index (χ1) is 8.69. The molecule has 1 N–H and O–H groups in total. The van der Waals surface area contributed by atoms with Gasteiger partial charge in [-0.2, -0.15) is 0 Å². The number of para-hydroxylation sites is 1. The van der Waals surface area contributed by atoms with Crippen molar-refractivity contribution in [1.29, 1.82) is 0 Å². The minimum absolute atomic E-state index is 0.0438. The highest BCUT2D eigenvalue weighted by Crippen LogP contribution is 2.36. The molecule has 3 rings (SSSR count). The van der Waals surface area contributed by atoms with Gasteiger partial charge in [0.15, 0.2) is 11.5 Å². The van der Waals surface area contributed by atoms with Gasteiger partial charge in [-0.15, -0.1) is 0 Å². The lowest BCUT2D eigenvalue weighted by Crippen LogP contribution is -2.47. The fraction of sp³-hybridized carbons (Fsp3) is 0.571. The molecule has 1 saturated heterocycles. The molecule has 98 valence electrons. The smallest absolute Gasteiger partial charge is 0.231 e. The molecule has 1 aromatic carbocycles. The van der Waals surface area contributed by atoms with E-state index in [2.05, 4.69) is 25.2 Å². The topological polar surface area (TPSA) is 39.7 Å². The third-order valence-corrected chi connectivity index (χ3v) is 4.05. The summed E-state index contributed by atoms with van der Waals surface area (Å²) in [5.41, 5.74) is 1.19. The van der Waals surface area contributed by atoms with Gasteiger partial charge in [-0.25, -0.2) is 0 Å². The second kappa shape index (κ2) is 4.44. The zero-order valence-electron chi connectivity index (χ0n) is 10.9. The maximum Gasteiger partial charge on any atom is 0.231 e. The third kappa shape index (κ3) is 1.95. The number of ether oxygens (including phenoxy) is 3. The highest BCUT2D eigenvalue weighted by molar-refractivity contribution is 5.48. The molecular weight excluding hydrogens is 230 g/mol. The van der Waals surface area contributed by atoms with Crippen LogP contribution in [-0.4, -0.2) is 25.0 Å². The minimum Gasteiger partial charge on any atom is -0.454 e. The Balaban J connectivity index is 1.72. The zero-order valence-corrected chi connectivity index (χ0v) is 10.9. The summed E-state index contributed by atoms with van der Waals surface area (Å²) in [4.78, 5) is 0. The van der Waals surface area contributed by atoms with Gasteiger partial charge in [0.2, 0.25) is 6.79 Å². The summed E-state index contributed by atoms with van der Waals surface area (Å²) in [6.45, 7) is 6.26. The molecule has 4 nitrogen and oxygen atoms in total. The first kappa shape index (κ1) is 11.8. The molecule has 0 radical (unpaired) electrons. The van der Waals surface area contributed by atoms with Crippen LogP contribution in [0.5, 0.6) is 11.5 Å². The van der Waals surface area contributed by atoms with E-state index < -0.39 is 0 Å². The maximum atomic E-state index is 5.63.